The van der Waals surface area contributed by atoms with Crippen LogP contribution in [0.25, 0.3) is 0 Å². The number of nitrogens with zero attached hydrogens (tertiary/aromatic N) is 1. The molecule has 0 spiro atoms. The molecule has 0 fully saturated rings. The molecule has 0 unspecified atom stereocenters. The number of nitrogens with two attached hydrogens (primary N) is 1. The van der Waals surface area contributed by atoms with Crippen LogP contribution in [-0.2, 0) is 19.3 Å². The fourth-order valence-electron chi connectivity index (χ4n) is 1.87. The second-order valence-corrected chi connectivity index (χ2v) is 4.24. The highest BCUT2D eigenvalue weighted by atomic mass is 14.7. The van der Waals surface area contributed by atoms with Crippen molar-refractivity contribution in [2.75, 3.05) is 5.73 Å². The maximum absolute atomic E-state index is 5.89. The van der Waals surface area contributed by atoms with E-state index in [4.69, 9.17) is 5.73 Å². The summed E-state index contributed by atoms with van der Waals surface area (Å²) < 4.78 is 0. The molecule has 2 nitrogen and oxygen atoms in total. The molecule has 0 aliphatic heterocycles. The summed E-state index contributed by atoms with van der Waals surface area (Å²) in [5, 5.41) is 0. The molecule has 0 saturated carbocycles. The average Bonchev–Trinajstić information content (AvgIpc) is 2.38. The predicted octanol–water partition coefficient (Wildman–Crippen LogP) is 3.01. The summed E-state index contributed by atoms with van der Waals surface area (Å²) in [7, 11) is 0. The zero-order valence-corrected chi connectivity index (χ0v) is 10.2. The van der Waals surface area contributed by atoms with Crippen LogP contribution >= 0.6 is 0 Å². The van der Waals surface area contributed by atoms with Crippen molar-refractivity contribution in [1.82, 2.24) is 4.98 Å². The number of hydrogen-bond acceptors (Lipinski definition) is 2. The van der Waals surface area contributed by atoms with Crippen LogP contribution in [0.3, 0.4) is 0 Å². The summed E-state index contributed by atoms with van der Waals surface area (Å²) >= 11 is 0. The van der Waals surface area contributed by atoms with Gasteiger partial charge in [-0.05, 0) is 42.0 Å². The molecule has 0 aliphatic carbocycles. The quantitative estimate of drug-likeness (QED) is 0.870. The number of aromatic nitrogens is 1. The van der Waals surface area contributed by atoms with Crippen LogP contribution in [0.4, 0.5) is 5.69 Å². The molecule has 2 aromatic rings. The van der Waals surface area contributed by atoms with E-state index in [-0.39, 0.29) is 0 Å². The van der Waals surface area contributed by atoms with E-state index < -0.39 is 0 Å². The monoisotopic (exact) mass is 226 g/mol. The van der Waals surface area contributed by atoms with Crippen molar-refractivity contribution in [2.24, 2.45) is 0 Å². The molecule has 2 heteroatoms. The van der Waals surface area contributed by atoms with Crippen LogP contribution in [0.15, 0.2) is 42.7 Å². The molecule has 0 atom stereocenters. The standard InChI is InChI=1S/C15H18N2/c1-2-12-3-5-13(6-4-12)7-8-14-11-17-10-9-15(14)16/h3-6,9-11H,2,7-8H2,1H3,(H2,16,17). The molecule has 2 rings (SSSR count). The maximum Gasteiger partial charge on any atom is 0.0377 e. The van der Waals surface area contributed by atoms with Crippen molar-refractivity contribution in [3.63, 3.8) is 0 Å². The third-order valence-corrected chi connectivity index (χ3v) is 3.06. The minimum Gasteiger partial charge on any atom is -0.398 e. The molecule has 17 heavy (non-hydrogen) atoms. The lowest BCUT2D eigenvalue weighted by Crippen LogP contribution is -1.98. The molecule has 0 bridgehead atoms. The van der Waals surface area contributed by atoms with Gasteiger partial charge in [0.1, 0.15) is 0 Å². The Labute approximate surface area is 103 Å². The second-order valence-electron chi connectivity index (χ2n) is 4.24. The molecule has 0 saturated heterocycles. The number of hydrogen-bond donors (Lipinski definition) is 1. The van der Waals surface area contributed by atoms with Gasteiger partial charge in [-0.2, -0.15) is 0 Å². The summed E-state index contributed by atoms with van der Waals surface area (Å²) in [5.41, 5.74) is 10.6. The molecule has 0 amide bonds. The van der Waals surface area contributed by atoms with Gasteiger partial charge in [0.05, 0.1) is 0 Å². The SMILES string of the molecule is CCc1ccc(CCc2cnccc2N)cc1. The first-order chi connectivity index (χ1) is 8.29. The lowest BCUT2D eigenvalue weighted by Gasteiger charge is -2.05. The lowest BCUT2D eigenvalue weighted by molar-refractivity contribution is 0.950. The highest BCUT2D eigenvalue weighted by Gasteiger charge is 2.00. The van der Waals surface area contributed by atoms with Gasteiger partial charge in [0.15, 0.2) is 0 Å². The molecule has 0 radical (unpaired) electrons. The van der Waals surface area contributed by atoms with Gasteiger partial charge in [-0.1, -0.05) is 31.2 Å². The van der Waals surface area contributed by atoms with Crippen molar-refractivity contribution in [2.45, 2.75) is 26.2 Å². The van der Waals surface area contributed by atoms with Gasteiger partial charge in [-0.15, -0.1) is 0 Å². The van der Waals surface area contributed by atoms with Gasteiger partial charge >= 0.3 is 0 Å². The summed E-state index contributed by atoms with van der Waals surface area (Å²) in [6.45, 7) is 2.17. The van der Waals surface area contributed by atoms with Crippen LogP contribution in [0.1, 0.15) is 23.6 Å². The Morgan fingerprint density at radius 3 is 2.35 bits per heavy atom. The Balaban J connectivity index is 2.00. The number of pyridine rings is 1. The van der Waals surface area contributed by atoms with Gasteiger partial charge in [-0.3, -0.25) is 4.98 Å². The minimum atomic E-state index is 0.838. The van der Waals surface area contributed by atoms with E-state index in [9.17, 15) is 0 Å². The van der Waals surface area contributed by atoms with E-state index in [2.05, 4.69) is 36.2 Å². The first-order valence-corrected chi connectivity index (χ1v) is 6.05. The van der Waals surface area contributed by atoms with Crippen molar-refractivity contribution >= 4 is 5.69 Å². The first-order valence-electron chi connectivity index (χ1n) is 6.05. The van der Waals surface area contributed by atoms with Gasteiger partial charge in [0, 0.05) is 18.1 Å². The van der Waals surface area contributed by atoms with Gasteiger partial charge in [0.2, 0.25) is 0 Å². The number of nitrogen functional groups attached to an aromatic ring is 1. The number of anilines is 1. The highest BCUT2D eigenvalue weighted by Crippen LogP contribution is 2.13. The molecular formula is C15H18N2. The zero-order chi connectivity index (χ0) is 12.1. The zero-order valence-electron chi connectivity index (χ0n) is 10.2. The molecule has 1 aromatic carbocycles. The van der Waals surface area contributed by atoms with Crippen molar-refractivity contribution in [3.05, 3.63) is 59.4 Å². The second kappa shape index (κ2) is 5.48. The summed E-state index contributed by atoms with van der Waals surface area (Å²) in [6.07, 6.45) is 6.64. The van der Waals surface area contributed by atoms with Crippen molar-refractivity contribution in [3.8, 4) is 0 Å². The highest BCUT2D eigenvalue weighted by molar-refractivity contribution is 5.44. The number of aryl methyl sites for hydroxylation is 3. The van der Waals surface area contributed by atoms with Gasteiger partial charge < -0.3 is 5.73 Å². The Morgan fingerprint density at radius 2 is 1.71 bits per heavy atom. The molecule has 0 aliphatic rings. The number of rotatable bonds is 4. The molecule has 1 heterocycles. The van der Waals surface area contributed by atoms with Gasteiger partial charge in [-0.25, -0.2) is 0 Å². The average molecular weight is 226 g/mol. The van der Waals surface area contributed by atoms with E-state index in [1.165, 1.54) is 11.1 Å². The topological polar surface area (TPSA) is 38.9 Å². The fraction of sp³-hybridized carbons (Fsp3) is 0.267. The van der Waals surface area contributed by atoms with Crippen LogP contribution in [0.5, 0.6) is 0 Å². The largest absolute Gasteiger partial charge is 0.398 e. The van der Waals surface area contributed by atoms with E-state index in [0.717, 1.165) is 30.5 Å². The maximum atomic E-state index is 5.89. The third-order valence-electron chi connectivity index (χ3n) is 3.06. The molecule has 1 aromatic heterocycles. The first kappa shape index (κ1) is 11.6. The molecule has 2 N–H and O–H groups in total. The summed E-state index contributed by atoms with van der Waals surface area (Å²) in [5.74, 6) is 0. The van der Waals surface area contributed by atoms with Crippen LogP contribution in [-0.4, -0.2) is 4.98 Å². The van der Waals surface area contributed by atoms with E-state index >= 15 is 0 Å². The summed E-state index contributed by atoms with van der Waals surface area (Å²) in [4.78, 5) is 4.11. The Bertz CT molecular complexity index is 475. The van der Waals surface area contributed by atoms with Crippen LogP contribution < -0.4 is 5.73 Å². The molecular weight excluding hydrogens is 208 g/mol. The van der Waals surface area contributed by atoms with Crippen LogP contribution in [0.2, 0.25) is 0 Å². The Hall–Kier alpha value is -1.83. The fourth-order valence-corrected chi connectivity index (χ4v) is 1.87. The Kier molecular flexibility index (Phi) is 3.76. The van der Waals surface area contributed by atoms with Gasteiger partial charge in [0.25, 0.3) is 0 Å². The minimum absolute atomic E-state index is 0.838. The predicted molar refractivity (Wildman–Crippen MR) is 71.9 cm³/mol. The van der Waals surface area contributed by atoms with Crippen LogP contribution in [0, 0.1) is 0 Å². The van der Waals surface area contributed by atoms with E-state index in [1.807, 2.05) is 12.3 Å². The number of benzene rings is 1. The summed E-state index contributed by atoms with van der Waals surface area (Å²) in [6, 6.07) is 10.6. The smallest absolute Gasteiger partial charge is 0.0377 e. The van der Waals surface area contributed by atoms with E-state index in [0.29, 0.717) is 0 Å². The van der Waals surface area contributed by atoms with Crippen molar-refractivity contribution < 1.29 is 0 Å². The normalized spacial score (nSPS) is 10.4. The van der Waals surface area contributed by atoms with E-state index in [1.54, 1.807) is 6.20 Å². The lowest BCUT2D eigenvalue weighted by atomic mass is 10.0. The third kappa shape index (κ3) is 3.06. The Morgan fingerprint density at radius 1 is 1.00 bits per heavy atom. The van der Waals surface area contributed by atoms with Crippen molar-refractivity contribution in [1.29, 1.82) is 0 Å². The molecule has 88 valence electrons.